The molecule has 0 aliphatic heterocycles. The third kappa shape index (κ3) is 2.40. The van der Waals surface area contributed by atoms with Gasteiger partial charge in [-0.15, -0.1) is 29.8 Å². The highest BCUT2D eigenvalue weighted by Gasteiger charge is 2.23. The molecule has 0 heterocycles. The van der Waals surface area contributed by atoms with Gasteiger partial charge in [-0.3, -0.25) is 0 Å². The predicted octanol–water partition coefficient (Wildman–Crippen LogP) is 2.45. The molecular weight excluding hydrogens is 182 g/mol. The second-order valence-electron chi connectivity index (χ2n) is 1.51. The molecule has 0 N–H and O–H groups in total. The molecule has 0 amide bonds. The van der Waals surface area contributed by atoms with Crippen molar-refractivity contribution in [2.24, 2.45) is 0 Å². The lowest BCUT2D eigenvalue weighted by atomic mass is 11.3. The van der Waals surface area contributed by atoms with Gasteiger partial charge in [0.15, 0.2) is 0 Å². The van der Waals surface area contributed by atoms with Crippen LogP contribution in [0.3, 0.4) is 0 Å². The van der Waals surface area contributed by atoms with Crippen LogP contribution in [0, 0.1) is 0 Å². The van der Waals surface area contributed by atoms with Gasteiger partial charge in [-0.2, -0.15) is 11.1 Å². The molecule has 0 atom stereocenters. The first-order chi connectivity index (χ1) is 3.68. The summed E-state index contributed by atoms with van der Waals surface area (Å²) >= 11 is 16.8. The number of alkyl halides is 2. The summed E-state index contributed by atoms with van der Waals surface area (Å²) in [5.41, 5.74) is 2.58. The first-order valence-electron chi connectivity index (χ1n) is 2.13. The third-order valence-corrected chi connectivity index (χ3v) is 7.38. The van der Waals surface area contributed by atoms with E-state index in [-0.39, 0.29) is 0 Å². The summed E-state index contributed by atoms with van der Waals surface area (Å²) in [4.78, 5) is 0. The minimum atomic E-state index is -1.90. The van der Waals surface area contributed by atoms with Crippen LogP contribution in [-0.2, 0) is 0 Å². The van der Waals surface area contributed by atoms with Gasteiger partial charge in [0.25, 0.3) is 0 Å². The van der Waals surface area contributed by atoms with Gasteiger partial charge in [0.2, 0.25) is 7.38 Å². The number of halogens is 3. The van der Waals surface area contributed by atoms with Gasteiger partial charge in [0.1, 0.15) is 0 Å². The first-order valence-corrected chi connectivity index (χ1v) is 6.70. The molecule has 0 aliphatic rings. The van der Waals surface area contributed by atoms with Crippen molar-refractivity contribution in [3.63, 3.8) is 0 Å². The molecule has 0 aliphatic carbocycles. The van der Waals surface area contributed by atoms with Gasteiger partial charge in [-0.25, -0.2) is 0 Å². The van der Waals surface area contributed by atoms with Gasteiger partial charge < -0.3 is 0 Å². The van der Waals surface area contributed by atoms with Crippen molar-refractivity contribution in [2.75, 3.05) is 11.0 Å². The Morgan fingerprint density at radius 2 is 1.75 bits per heavy atom. The molecule has 0 saturated heterocycles. The fourth-order valence-electron chi connectivity index (χ4n) is 0.145. The highest BCUT2D eigenvalue weighted by atomic mass is 35.6. The molecular formula is C4H7Cl3Si. The van der Waals surface area contributed by atoms with Crippen LogP contribution in [0.25, 0.3) is 0 Å². The van der Waals surface area contributed by atoms with Gasteiger partial charge in [0, 0.05) is 11.0 Å². The van der Waals surface area contributed by atoms with E-state index in [4.69, 9.17) is 34.3 Å². The fourth-order valence-corrected chi connectivity index (χ4v) is 1.95. The summed E-state index contributed by atoms with van der Waals surface area (Å²) < 4.78 is 0. The van der Waals surface area contributed by atoms with Crippen LogP contribution in [0.2, 0.25) is 0 Å². The molecule has 0 aromatic rings. The molecule has 8 heavy (non-hydrogen) atoms. The zero-order valence-corrected chi connectivity index (χ0v) is 7.60. The highest BCUT2D eigenvalue weighted by molar-refractivity contribution is 7.27. The molecule has 0 unspecified atom stereocenters. The lowest BCUT2D eigenvalue weighted by molar-refractivity contribution is 1.83. The Hall–Kier alpha value is 0.827. The monoisotopic (exact) mass is 188 g/mol. The molecule has 0 saturated carbocycles. The fraction of sp³-hybridized carbons (Fsp3) is 0.500. The van der Waals surface area contributed by atoms with Crippen molar-refractivity contribution < 1.29 is 0 Å². The Morgan fingerprint density at radius 3 is 1.75 bits per heavy atom. The Kier molecular flexibility index (Phi) is 4.17. The maximum absolute atomic E-state index is 5.85. The zero-order chi connectivity index (χ0) is 6.62. The van der Waals surface area contributed by atoms with Crippen LogP contribution < -0.4 is 0 Å². The molecule has 0 aromatic carbocycles. The summed E-state index contributed by atoms with van der Waals surface area (Å²) in [6, 6.07) is 0. The van der Waals surface area contributed by atoms with E-state index in [1.165, 1.54) is 0 Å². The number of rotatable bonds is 3. The highest BCUT2D eigenvalue weighted by Crippen LogP contribution is 2.13. The van der Waals surface area contributed by atoms with Crippen molar-refractivity contribution in [3.05, 3.63) is 12.3 Å². The van der Waals surface area contributed by atoms with Crippen molar-refractivity contribution in [1.82, 2.24) is 0 Å². The molecule has 48 valence electrons. The van der Waals surface area contributed by atoms with Crippen molar-refractivity contribution in [2.45, 2.75) is 0 Å². The lowest BCUT2D eigenvalue weighted by Crippen LogP contribution is -2.30. The topological polar surface area (TPSA) is 0 Å². The van der Waals surface area contributed by atoms with E-state index in [9.17, 15) is 0 Å². The van der Waals surface area contributed by atoms with Gasteiger partial charge >= 0.3 is 0 Å². The Bertz CT molecular complexity index is 79.4. The van der Waals surface area contributed by atoms with E-state index in [0.29, 0.717) is 11.0 Å². The number of hydrogen-bond acceptors (Lipinski definition) is 0. The lowest BCUT2D eigenvalue weighted by Gasteiger charge is -2.10. The Labute approximate surface area is 65.1 Å². The van der Waals surface area contributed by atoms with Crippen LogP contribution in [0.5, 0.6) is 0 Å². The molecule has 0 spiro atoms. The van der Waals surface area contributed by atoms with Gasteiger partial charge in [-0.05, 0) is 0 Å². The van der Waals surface area contributed by atoms with Crippen LogP contribution in [0.4, 0.5) is 0 Å². The van der Waals surface area contributed by atoms with Gasteiger partial charge in [0.05, 0.1) is 0 Å². The molecule has 0 bridgehead atoms. The summed E-state index contributed by atoms with van der Waals surface area (Å²) in [6.07, 6.45) is 0. The minimum Gasteiger partial charge on any atom is -0.159 e. The Morgan fingerprint density at radius 1 is 1.38 bits per heavy atom. The predicted molar refractivity (Wildman–Crippen MR) is 43.2 cm³/mol. The van der Waals surface area contributed by atoms with E-state index in [2.05, 4.69) is 6.58 Å². The van der Waals surface area contributed by atoms with Crippen LogP contribution in [-0.4, -0.2) is 18.4 Å². The maximum Gasteiger partial charge on any atom is 0.208 e. The molecule has 0 rings (SSSR count). The quantitative estimate of drug-likeness (QED) is 0.364. The van der Waals surface area contributed by atoms with Crippen LogP contribution in [0.15, 0.2) is 12.3 Å². The summed E-state index contributed by atoms with van der Waals surface area (Å²) in [7, 11) is -1.90. The van der Waals surface area contributed by atoms with Gasteiger partial charge in [-0.1, -0.05) is 5.70 Å². The summed E-state index contributed by atoms with van der Waals surface area (Å²) in [6.45, 7) is 3.54. The third-order valence-electron chi connectivity index (χ3n) is 0.810. The largest absolute Gasteiger partial charge is 0.208 e. The smallest absolute Gasteiger partial charge is 0.159 e. The molecule has 0 aromatic heterocycles. The van der Waals surface area contributed by atoms with E-state index < -0.39 is 7.38 Å². The van der Waals surface area contributed by atoms with E-state index in [1.54, 1.807) is 5.70 Å². The minimum absolute atomic E-state index is 0.446. The van der Waals surface area contributed by atoms with Crippen molar-refractivity contribution in [1.29, 1.82) is 0 Å². The normalized spacial score (nSPS) is 11.4. The first kappa shape index (κ1) is 8.83. The average Bonchev–Trinajstić information content (AvgIpc) is 1.87. The second kappa shape index (κ2) is 3.78. The van der Waals surface area contributed by atoms with Crippen LogP contribution in [0.1, 0.15) is 0 Å². The van der Waals surface area contributed by atoms with E-state index >= 15 is 0 Å². The standard InChI is InChI=1S/C4H7Cl3Si/c1-2-8(7,3-5)4-6/h2H,1,3-4H2. The van der Waals surface area contributed by atoms with Crippen molar-refractivity contribution in [3.8, 4) is 0 Å². The maximum atomic E-state index is 5.85. The zero-order valence-electron chi connectivity index (χ0n) is 4.33. The average molecular weight is 190 g/mol. The molecule has 0 nitrogen and oxygen atoms in total. The van der Waals surface area contributed by atoms with E-state index in [1.807, 2.05) is 0 Å². The SMILES string of the molecule is C=C[Si](Cl)(CCl)CCl. The Balaban J connectivity index is 3.76. The summed E-state index contributed by atoms with van der Waals surface area (Å²) in [5, 5.41) is 0. The molecule has 0 radical (unpaired) electrons. The van der Waals surface area contributed by atoms with Crippen LogP contribution >= 0.6 is 34.3 Å². The van der Waals surface area contributed by atoms with Crippen molar-refractivity contribution >= 4 is 41.7 Å². The summed E-state index contributed by atoms with van der Waals surface area (Å²) in [5.74, 6) is 0. The van der Waals surface area contributed by atoms with E-state index in [0.717, 1.165) is 0 Å². The molecule has 0 fully saturated rings. The second-order valence-corrected chi connectivity index (χ2v) is 8.38. The number of hydrogen-bond donors (Lipinski definition) is 0. The molecule has 4 heteroatoms.